The Kier molecular flexibility index (Phi) is 3.05. The van der Waals surface area contributed by atoms with E-state index in [-0.39, 0.29) is 10.2 Å². The van der Waals surface area contributed by atoms with E-state index in [1.165, 1.54) is 6.07 Å². The van der Waals surface area contributed by atoms with Crippen LogP contribution in [0.3, 0.4) is 0 Å². The van der Waals surface area contributed by atoms with Crippen molar-refractivity contribution in [2.24, 2.45) is 0 Å². The molecule has 1 aliphatic carbocycles. The molecule has 1 N–H and O–H groups in total. The van der Waals surface area contributed by atoms with Crippen molar-refractivity contribution in [3.8, 4) is 0 Å². The maximum Gasteiger partial charge on any atom is 0.207 e. The molecule has 6 heteroatoms. The lowest BCUT2D eigenvalue weighted by molar-refractivity contribution is 0.581. The molecule has 0 amide bonds. The molecule has 0 saturated heterocycles. The molecule has 0 bridgehead atoms. The normalized spacial score (nSPS) is 14.7. The summed E-state index contributed by atoms with van der Waals surface area (Å²) in [5.74, 6) is -0.661. The highest BCUT2D eigenvalue weighted by Gasteiger charge is 2.26. The average Bonchev–Trinajstić information content (AvgIpc) is 3.11. The molecule has 1 saturated carbocycles. The van der Waals surface area contributed by atoms with Crippen LogP contribution in [0.2, 0.25) is 0 Å². The van der Waals surface area contributed by atoms with E-state index in [9.17, 15) is 8.78 Å². The van der Waals surface area contributed by atoms with Crippen molar-refractivity contribution in [1.29, 1.82) is 0 Å². The van der Waals surface area contributed by atoms with Gasteiger partial charge in [0.2, 0.25) is 5.95 Å². The summed E-state index contributed by atoms with van der Waals surface area (Å²) in [4.78, 5) is 4.34. The van der Waals surface area contributed by atoms with Crippen LogP contribution in [0.4, 0.5) is 20.4 Å². The molecule has 0 radical (unpaired) electrons. The molecule has 100 valence electrons. The van der Waals surface area contributed by atoms with Crippen molar-refractivity contribution in [2.75, 3.05) is 5.32 Å². The fourth-order valence-electron chi connectivity index (χ4n) is 1.98. The Hall–Kier alpha value is -1.43. The quantitative estimate of drug-likeness (QED) is 0.851. The van der Waals surface area contributed by atoms with Gasteiger partial charge in [0, 0.05) is 18.3 Å². The van der Waals surface area contributed by atoms with Gasteiger partial charge in [-0.25, -0.2) is 13.8 Å². The molecule has 1 aliphatic rings. The van der Waals surface area contributed by atoms with Crippen molar-refractivity contribution < 1.29 is 8.78 Å². The van der Waals surface area contributed by atoms with Gasteiger partial charge in [0.25, 0.3) is 0 Å². The topological polar surface area (TPSA) is 29.9 Å². The lowest BCUT2D eigenvalue weighted by atomic mass is 10.3. The van der Waals surface area contributed by atoms with Gasteiger partial charge < -0.3 is 9.88 Å². The molecule has 0 atom stereocenters. The van der Waals surface area contributed by atoms with Crippen molar-refractivity contribution in [2.45, 2.75) is 25.8 Å². The van der Waals surface area contributed by atoms with Gasteiger partial charge in [0.15, 0.2) is 0 Å². The Bertz CT molecular complexity index is 635. The molecule has 3 rings (SSSR count). The third kappa shape index (κ3) is 2.49. The molecule has 0 spiro atoms. The molecular weight excluding hydrogens is 316 g/mol. The van der Waals surface area contributed by atoms with Crippen LogP contribution in [0, 0.1) is 18.6 Å². The third-order valence-electron chi connectivity index (χ3n) is 3.05. The number of nitrogens with one attached hydrogen (secondary N) is 1. The van der Waals surface area contributed by atoms with Crippen LogP contribution in [-0.4, -0.2) is 9.55 Å². The summed E-state index contributed by atoms with van der Waals surface area (Å²) in [7, 11) is 0. The summed E-state index contributed by atoms with van der Waals surface area (Å²) in [6.07, 6.45) is 4.16. The fraction of sp³-hybridized carbons (Fsp3) is 0.308. The van der Waals surface area contributed by atoms with E-state index in [1.54, 1.807) is 0 Å². The Morgan fingerprint density at radius 3 is 2.74 bits per heavy atom. The fourth-order valence-corrected chi connectivity index (χ4v) is 2.32. The van der Waals surface area contributed by atoms with Gasteiger partial charge in [-0.15, -0.1) is 0 Å². The predicted octanol–water partition coefficient (Wildman–Crippen LogP) is 4.31. The highest BCUT2D eigenvalue weighted by atomic mass is 79.9. The first kappa shape index (κ1) is 12.6. The number of hydrogen-bond acceptors (Lipinski definition) is 2. The number of nitrogens with zero attached hydrogens (tertiary/aromatic N) is 2. The van der Waals surface area contributed by atoms with Gasteiger partial charge in [-0.3, -0.25) is 0 Å². The summed E-state index contributed by atoms with van der Waals surface area (Å²) in [5, 5.41) is 2.93. The number of anilines is 2. The van der Waals surface area contributed by atoms with E-state index in [2.05, 4.69) is 26.2 Å². The van der Waals surface area contributed by atoms with E-state index in [0.717, 1.165) is 24.6 Å². The third-order valence-corrected chi connectivity index (χ3v) is 3.66. The van der Waals surface area contributed by atoms with Gasteiger partial charge in [0.1, 0.15) is 11.6 Å². The van der Waals surface area contributed by atoms with Crippen LogP contribution < -0.4 is 5.32 Å². The number of benzene rings is 1. The second-order valence-corrected chi connectivity index (χ2v) is 5.57. The van der Waals surface area contributed by atoms with Crippen LogP contribution in [0.25, 0.3) is 0 Å². The predicted molar refractivity (Wildman–Crippen MR) is 72.6 cm³/mol. The number of aryl methyl sites for hydroxylation is 1. The average molecular weight is 328 g/mol. The standard InChI is InChI=1S/C13H12BrF2N3/c1-7-6-19(8-2-3-8)13(17-7)18-12-4-9(14)10(15)5-11(12)16/h4-6,8H,2-3H2,1H3,(H,17,18). The summed E-state index contributed by atoms with van der Waals surface area (Å²) in [5.41, 5.74) is 1.08. The first-order valence-electron chi connectivity index (χ1n) is 6.01. The SMILES string of the molecule is Cc1cn(C2CC2)c(Nc2cc(Br)c(F)cc2F)n1. The monoisotopic (exact) mass is 327 g/mol. The number of halogens is 3. The van der Waals surface area contributed by atoms with E-state index >= 15 is 0 Å². The van der Waals surface area contributed by atoms with E-state index in [0.29, 0.717) is 12.0 Å². The highest BCUT2D eigenvalue weighted by Crippen LogP contribution is 2.38. The van der Waals surface area contributed by atoms with Crippen molar-refractivity contribution >= 4 is 27.6 Å². The van der Waals surface area contributed by atoms with Crippen LogP contribution in [0.15, 0.2) is 22.8 Å². The van der Waals surface area contributed by atoms with Gasteiger partial charge in [-0.05, 0) is 41.8 Å². The minimum absolute atomic E-state index is 0.209. The lowest BCUT2D eigenvalue weighted by Crippen LogP contribution is -2.03. The second kappa shape index (κ2) is 4.59. The zero-order valence-corrected chi connectivity index (χ0v) is 11.8. The van der Waals surface area contributed by atoms with Crippen molar-refractivity contribution in [3.05, 3.63) is 40.1 Å². The highest BCUT2D eigenvalue weighted by molar-refractivity contribution is 9.10. The zero-order valence-electron chi connectivity index (χ0n) is 10.3. The molecular formula is C13H12BrF2N3. The van der Waals surface area contributed by atoms with Crippen molar-refractivity contribution in [1.82, 2.24) is 9.55 Å². The number of rotatable bonds is 3. The molecule has 1 heterocycles. The minimum atomic E-state index is -0.635. The Morgan fingerprint density at radius 1 is 1.32 bits per heavy atom. The molecule has 3 nitrogen and oxygen atoms in total. The zero-order chi connectivity index (χ0) is 13.6. The maximum atomic E-state index is 13.7. The molecule has 0 aliphatic heterocycles. The largest absolute Gasteiger partial charge is 0.323 e. The van der Waals surface area contributed by atoms with Gasteiger partial charge in [0.05, 0.1) is 15.9 Å². The smallest absolute Gasteiger partial charge is 0.207 e. The molecule has 1 aromatic heterocycles. The van der Waals surface area contributed by atoms with Gasteiger partial charge >= 0.3 is 0 Å². The Morgan fingerprint density at radius 2 is 2.05 bits per heavy atom. The first-order valence-corrected chi connectivity index (χ1v) is 6.81. The lowest BCUT2D eigenvalue weighted by Gasteiger charge is -2.10. The number of aromatic nitrogens is 2. The van der Waals surface area contributed by atoms with Crippen molar-refractivity contribution in [3.63, 3.8) is 0 Å². The van der Waals surface area contributed by atoms with E-state index in [4.69, 9.17) is 0 Å². The van der Waals surface area contributed by atoms with Crippen LogP contribution in [0.1, 0.15) is 24.6 Å². The Balaban J connectivity index is 1.95. The molecule has 2 aromatic rings. The summed E-state index contributed by atoms with van der Waals surface area (Å²) in [6, 6.07) is 2.67. The summed E-state index contributed by atoms with van der Waals surface area (Å²) in [6.45, 7) is 1.89. The van der Waals surface area contributed by atoms with Gasteiger partial charge in [-0.2, -0.15) is 0 Å². The van der Waals surface area contributed by atoms with Crippen LogP contribution >= 0.6 is 15.9 Å². The first-order chi connectivity index (χ1) is 9.04. The summed E-state index contributed by atoms with van der Waals surface area (Å²) >= 11 is 3.05. The van der Waals surface area contributed by atoms with Crippen LogP contribution in [-0.2, 0) is 0 Å². The minimum Gasteiger partial charge on any atom is -0.323 e. The summed E-state index contributed by atoms with van der Waals surface area (Å²) < 4.78 is 29.1. The Labute approximate surface area is 117 Å². The molecule has 1 fully saturated rings. The van der Waals surface area contributed by atoms with E-state index < -0.39 is 11.6 Å². The van der Waals surface area contributed by atoms with Gasteiger partial charge in [-0.1, -0.05) is 0 Å². The maximum absolute atomic E-state index is 13.7. The van der Waals surface area contributed by atoms with Crippen LogP contribution in [0.5, 0.6) is 0 Å². The second-order valence-electron chi connectivity index (χ2n) is 4.72. The van der Waals surface area contributed by atoms with E-state index in [1.807, 2.05) is 17.7 Å². The molecule has 1 aromatic carbocycles. The molecule has 0 unspecified atom stereocenters. The molecule has 19 heavy (non-hydrogen) atoms. The number of hydrogen-bond donors (Lipinski definition) is 1. The number of imidazole rings is 1.